The van der Waals surface area contributed by atoms with Crippen LogP contribution in [0.3, 0.4) is 0 Å². The number of phenols is 4. The van der Waals surface area contributed by atoms with Gasteiger partial charge in [0.05, 0.1) is 5.56 Å². The first kappa shape index (κ1) is 24.8. The third-order valence-corrected chi connectivity index (χ3v) is 7.49. The van der Waals surface area contributed by atoms with Gasteiger partial charge in [0, 0.05) is 34.2 Å². The summed E-state index contributed by atoms with van der Waals surface area (Å²) in [6.07, 6.45) is 4.51. The molecule has 194 valence electrons. The predicted octanol–water partition coefficient (Wildman–Crippen LogP) is 6.11. The lowest BCUT2D eigenvalue weighted by Gasteiger charge is -2.30. The van der Waals surface area contributed by atoms with Gasteiger partial charge in [-0.05, 0) is 60.8 Å². The van der Waals surface area contributed by atoms with Crippen LogP contribution in [0.4, 0.5) is 0 Å². The zero-order valence-corrected chi connectivity index (χ0v) is 21.9. The third kappa shape index (κ3) is 3.67. The maximum atomic E-state index is 13.9. The van der Waals surface area contributed by atoms with Gasteiger partial charge in [0.15, 0.2) is 16.9 Å². The summed E-state index contributed by atoms with van der Waals surface area (Å²) in [7, 11) is 0. The van der Waals surface area contributed by atoms with Crippen molar-refractivity contribution in [1.82, 2.24) is 0 Å². The fraction of sp³-hybridized carbons (Fsp3) is 0.367. The molecule has 7 nitrogen and oxygen atoms in total. The second-order valence-electron chi connectivity index (χ2n) is 11.1. The smallest absolute Gasteiger partial charge is 0.200 e. The Hall–Kier alpha value is -3.87. The summed E-state index contributed by atoms with van der Waals surface area (Å²) in [4.78, 5) is 13.9. The largest absolute Gasteiger partial charge is 0.507 e. The lowest BCUT2D eigenvalue weighted by molar-refractivity contribution is 0.106. The Bertz CT molecular complexity index is 1590. The van der Waals surface area contributed by atoms with Crippen molar-refractivity contribution in [2.24, 2.45) is 0 Å². The Kier molecular flexibility index (Phi) is 5.59. The molecule has 2 heterocycles. The van der Waals surface area contributed by atoms with Crippen molar-refractivity contribution in [3.05, 3.63) is 61.8 Å². The second kappa shape index (κ2) is 8.33. The monoisotopic (exact) mass is 504 g/mol. The summed E-state index contributed by atoms with van der Waals surface area (Å²) in [6, 6.07) is 1.33. The van der Waals surface area contributed by atoms with Gasteiger partial charge in [-0.1, -0.05) is 23.3 Å². The quantitative estimate of drug-likeness (QED) is 0.316. The van der Waals surface area contributed by atoms with Gasteiger partial charge in [-0.2, -0.15) is 0 Å². The topological polar surface area (TPSA) is 120 Å². The zero-order valence-electron chi connectivity index (χ0n) is 21.9. The van der Waals surface area contributed by atoms with Crippen molar-refractivity contribution >= 4 is 11.0 Å². The molecule has 5 rings (SSSR count). The highest BCUT2D eigenvalue weighted by Crippen LogP contribution is 2.61. The van der Waals surface area contributed by atoms with Crippen LogP contribution in [-0.2, 0) is 19.3 Å². The van der Waals surface area contributed by atoms with E-state index in [1.807, 2.05) is 53.7 Å². The van der Waals surface area contributed by atoms with Gasteiger partial charge in [-0.15, -0.1) is 0 Å². The molecule has 0 saturated carbocycles. The summed E-state index contributed by atoms with van der Waals surface area (Å²) in [6.45, 7) is 11.4. The van der Waals surface area contributed by atoms with E-state index in [-0.39, 0.29) is 81.8 Å². The van der Waals surface area contributed by atoms with Gasteiger partial charge in [0.1, 0.15) is 39.6 Å². The molecule has 1 aliphatic heterocycles. The maximum absolute atomic E-state index is 13.9. The van der Waals surface area contributed by atoms with E-state index in [1.165, 1.54) is 6.07 Å². The molecule has 1 atom stereocenters. The molecule has 37 heavy (non-hydrogen) atoms. The number of phenolic OH excluding ortho intramolecular Hbond substituents is 4. The minimum Gasteiger partial charge on any atom is -0.507 e. The van der Waals surface area contributed by atoms with E-state index in [1.54, 1.807) is 0 Å². The third-order valence-electron chi connectivity index (χ3n) is 7.49. The molecule has 0 radical (unpaired) electrons. The van der Waals surface area contributed by atoms with Gasteiger partial charge in [0.25, 0.3) is 0 Å². The molecule has 0 saturated heterocycles. The summed E-state index contributed by atoms with van der Waals surface area (Å²) >= 11 is 0. The number of rotatable bonds is 4. The average molecular weight is 505 g/mol. The van der Waals surface area contributed by atoms with Crippen molar-refractivity contribution in [3.63, 3.8) is 0 Å². The molecule has 3 aromatic rings. The number of hydrogen-bond donors (Lipinski definition) is 4. The van der Waals surface area contributed by atoms with Crippen LogP contribution in [0, 0.1) is 0 Å². The average Bonchev–Trinajstić information content (AvgIpc) is 3.07. The Morgan fingerprint density at radius 1 is 0.973 bits per heavy atom. The summed E-state index contributed by atoms with van der Waals surface area (Å²) in [5.74, 6) is -0.657. The number of benzene rings is 2. The van der Waals surface area contributed by atoms with Crippen molar-refractivity contribution in [1.29, 1.82) is 0 Å². The van der Waals surface area contributed by atoms with Crippen LogP contribution in [-0.4, -0.2) is 26.0 Å². The normalized spacial score (nSPS) is 16.6. The molecular weight excluding hydrogens is 472 g/mol. The van der Waals surface area contributed by atoms with E-state index in [9.17, 15) is 25.2 Å². The highest BCUT2D eigenvalue weighted by Gasteiger charge is 2.50. The Labute approximate surface area is 215 Å². The highest BCUT2D eigenvalue weighted by atomic mass is 16.5. The molecule has 0 bridgehead atoms. The summed E-state index contributed by atoms with van der Waals surface area (Å²) in [5.41, 5.74) is 2.63. The van der Waals surface area contributed by atoms with E-state index in [4.69, 9.17) is 9.15 Å². The first-order chi connectivity index (χ1) is 17.3. The van der Waals surface area contributed by atoms with E-state index < -0.39 is 11.0 Å². The van der Waals surface area contributed by atoms with Crippen LogP contribution in [0.5, 0.6) is 28.7 Å². The van der Waals surface area contributed by atoms with Gasteiger partial charge >= 0.3 is 0 Å². The molecule has 2 aliphatic rings. The molecule has 1 aromatic heterocycles. The van der Waals surface area contributed by atoms with E-state index >= 15 is 0 Å². The zero-order chi connectivity index (χ0) is 27.0. The molecule has 7 heteroatoms. The number of hydrogen-bond acceptors (Lipinski definition) is 7. The Balaban J connectivity index is 1.84. The fourth-order valence-corrected chi connectivity index (χ4v) is 5.46. The van der Waals surface area contributed by atoms with Crippen LogP contribution < -0.4 is 10.2 Å². The van der Waals surface area contributed by atoms with Crippen LogP contribution >= 0.6 is 0 Å². The second-order valence-corrected chi connectivity index (χ2v) is 11.1. The number of fused-ring (bicyclic) bond motifs is 3. The van der Waals surface area contributed by atoms with E-state index in [0.29, 0.717) is 16.7 Å². The number of allylic oxidation sites excluding steroid dienone is 4. The van der Waals surface area contributed by atoms with Gasteiger partial charge in [-0.25, -0.2) is 0 Å². The maximum Gasteiger partial charge on any atom is 0.200 e. The summed E-state index contributed by atoms with van der Waals surface area (Å²) < 4.78 is 12.4. The fourth-order valence-electron chi connectivity index (χ4n) is 5.46. The minimum absolute atomic E-state index is 0.00265. The lowest BCUT2D eigenvalue weighted by Crippen LogP contribution is -2.34. The van der Waals surface area contributed by atoms with E-state index in [2.05, 4.69) is 0 Å². The molecule has 4 N–H and O–H groups in total. The first-order valence-corrected chi connectivity index (χ1v) is 12.4. The van der Waals surface area contributed by atoms with Gasteiger partial charge < -0.3 is 29.6 Å². The molecule has 1 aliphatic carbocycles. The Morgan fingerprint density at radius 3 is 2.22 bits per heavy atom. The number of aromatic hydroxyl groups is 4. The van der Waals surface area contributed by atoms with Crippen LogP contribution in [0.25, 0.3) is 22.3 Å². The molecule has 0 spiro atoms. The lowest BCUT2D eigenvalue weighted by atomic mass is 9.74. The summed E-state index contributed by atoms with van der Waals surface area (Å²) in [5, 5.41) is 44.2. The van der Waals surface area contributed by atoms with Gasteiger partial charge in [-0.3, -0.25) is 4.79 Å². The molecule has 2 aromatic carbocycles. The predicted molar refractivity (Wildman–Crippen MR) is 142 cm³/mol. The van der Waals surface area contributed by atoms with Crippen LogP contribution in [0.2, 0.25) is 0 Å². The van der Waals surface area contributed by atoms with Crippen molar-refractivity contribution in [2.45, 2.75) is 72.3 Å². The van der Waals surface area contributed by atoms with Crippen molar-refractivity contribution < 1.29 is 29.6 Å². The van der Waals surface area contributed by atoms with Crippen molar-refractivity contribution in [3.8, 4) is 40.1 Å². The molecule has 0 unspecified atom stereocenters. The molecular formula is C30H32O7. The van der Waals surface area contributed by atoms with Crippen LogP contribution in [0.15, 0.2) is 38.6 Å². The Morgan fingerprint density at radius 2 is 1.59 bits per heavy atom. The SMILES string of the molecule is CC(C)=CCc1c(O)c2c3c(c1O)-c1oc4cc(O)c(CC=C(C)C)c(O)c4c(=O)c1C[C@H]3C(C)(C)O2. The first-order valence-electron chi connectivity index (χ1n) is 12.4. The standard InChI is InChI=1S/C30H32O7/c1-13(2)7-9-15-19(31)12-20-22(24(15)32)26(34)17-11-18-21-23(28(17)36-20)25(33)16(10-8-14(3)4)27(35)29(21)37-30(18,5)6/h7-8,12,18,31-33,35H,9-11H2,1-6H3/t18-/m1/s1. The molecule has 0 fully saturated rings. The minimum atomic E-state index is -0.763. The van der Waals surface area contributed by atoms with E-state index in [0.717, 1.165) is 11.1 Å². The van der Waals surface area contributed by atoms with Gasteiger partial charge in [0.2, 0.25) is 0 Å². The van der Waals surface area contributed by atoms with Crippen molar-refractivity contribution in [2.75, 3.05) is 0 Å². The van der Waals surface area contributed by atoms with Crippen LogP contribution in [0.1, 0.15) is 69.7 Å². The highest BCUT2D eigenvalue weighted by molar-refractivity contribution is 5.92. The number of ether oxygens (including phenoxy) is 1. The molecule has 0 amide bonds.